The van der Waals surface area contributed by atoms with Gasteiger partial charge in [-0.25, -0.2) is 8.42 Å². The fraction of sp³-hybridized carbons (Fsp3) is 0.300. The van der Waals surface area contributed by atoms with Gasteiger partial charge in [-0.15, -0.1) is 0 Å². The maximum absolute atomic E-state index is 12.6. The van der Waals surface area contributed by atoms with Crippen molar-refractivity contribution < 1.29 is 17.9 Å². The minimum absolute atomic E-state index is 0.0237. The Kier molecular flexibility index (Phi) is 5.26. The van der Waals surface area contributed by atoms with Crippen LogP contribution in [-0.4, -0.2) is 49.4 Å². The molecule has 2 aromatic rings. The quantitative estimate of drug-likeness (QED) is 0.773. The molecule has 0 aliphatic carbocycles. The number of fused-ring (bicyclic) bond motifs is 1. The monoisotopic (exact) mass is 431 g/mol. The number of ether oxygens (including phenoxy) is 1. The van der Waals surface area contributed by atoms with Crippen molar-refractivity contribution in [1.29, 1.82) is 0 Å². The highest BCUT2D eigenvalue weighted by Crippen LogP contribution is 2.35. The van der Waals surface area contributed by atoms with Crippen LogP contribution in [0.25, 0.3) is 0 Å². The number of amides is 1. The van der Waals surface area contributed by atoms with Gasteiger partial charge in [0.25, 0.3) is 5.91 Å². The first-order valence-corrected chi connectivity index (χ1v) is 11.8. The summed E-state index contributed by atoms with van der Waals surface area (Å²) < 4.78 is 28.6. The van der Waals surface area contributed by atoms with Gasteiger partial charge >= 0.3 is 0 Å². The SMILES string of the molecule is COc1ccc(NC(=O)c2ccc(C)c(NC3=NC4CS(=O)(=O)CC4S3)c2)cc1. The predicted octanol–water partition coefficient (Wildman–Crippen LogP) is 2.94. The number of nitrogens with one attached hydrogen (secondary N) is 2. The first-order valence-electron chi connectivity index (χ1n) is 9.11. The molecule has 0 bridgehead atoms. The molecule has 1 amide bonds. The van der Waals surface area contributed by atoms with Crippen LogP contribution in [0.4, 0.5) is 11.4 Å². The smallest absolute Gasteiger partial charge is 0.255 e. The summed E-state index contributed by atoms with van der Waals surface area (Å²) in [6.45, 7) is 1.94. The van der Waals surface area contributed by atoms with E-state index in [2.05, 4.69) is 15.6 Å². The van der Waals surface area contributed by atoms with Crippen LogP contribution in [0, 0.1) is 6.92 Å². The molecule has 0 spiro atoms. The summed E-state index contributed by atoms with van der Waals surface area (Å²) in [6.07, 6.45) is 0. The molecule has 2 aliphatic heterocycles. The summed E-state index contributed by atoms with van der Waals surface area (Å²) >= 11 is 1.45. The van der Waals surface area contributed by atoms with Crippen molar-refractivity contribution in [2.45, 2.75) is 18.2 Å². The molecule has 2 heterocycles. The van der Waals surface area contributed by atoms with Gasteiger partial charge in [0.05, 0.1) is 24.7 Å². The number of carbonyl (C=O) groups excluding carboxylic acids is 1. The summed E-state index contributed by atoms with van der Waals surface area (Å²) in [4.78, 5) is 17.1. The number of anilines is 2. The maximum Gasteiger partial charge on any atom is 0.255 e. The molecule has 0 saturated carbocycles. The summed E-state index contributed by atoms with van der Waals surface area (Å²) in [5, 5.41) is 6.80. The highest BCUT2D eigenvalue weighted by atomic mass is 32.2. The lowest BCUT2D eigenvalue weighted by molar-refractivity contribution is 0.102. The van der Waals surface area contributed by atoms with Crippen molar-refractivity contribution >= 4 is 44.0 Å². The van der Waals surface area contributed by atoms with E-state index in [1.54, 1.807) is 43.5 Å². The lowest BCUT2D eigenvalue weighted by atomic mass is 10.1. The van der Waals surface area contributed by atoms with Gasteiger partial charge in [0.2, 0.25) is 0 Å². The Morgan fingerprint density at radius 1 is 1.17 bits per heavy atom. The average Bonchev–Trinajstić information content (AvgIpc) is 3.16. The van der Waals surface area contributed by atoms with Gasteiger partial charge in [0.1, 0.15) is 5.75 Å². The van der Waals surface area contributed by atoms with E-state index < -0.39 is 9.84 Å². The molecule has 9 heteroatoms. The molecule has 2 N–H and O–H groups in total. The van der Waals surface area contributed by atoms with Crippen LogP contribution >= 0.6 is 11.8 Å². The predicted molar refractivity (Wildman–Crippen MR) is 117 cm³/mol. The van der Waals surface area contributed by atoms with Crippen LogP contribution in [0.1, 0.15) is 15.9 Å². The van der Waals surface area contributed by atoms with E-state index in [9.17, 15) is 13.2 Å². The fourth-order valence-electron chi connectivity index (χ4n) is 3.31. The number of aliphatic imine (C=N–C) groups is 1. The number of nitrogens with zero attached hydrogens (tertiary/aromatic N) is 1. The summed E-state index contributed by atoms with van der Waals surface area (Å²) in [5.41, 5.74) is 2.94. The van der Waals surface area contributed by atoms with E-state index in [1.165, 1.54) is 11.8 Å². The largest absolute Gasteiger partial charge is 0.497 e. The van der Waals surface area contributed by atoms with E-state index in [1.807, 2.05) is 13.0 Å². The number of hydrogen-bond donors (Lipinski definition) is 2. The van der Waals surface area contributed by atoms with Crippen molar-refractivity contribution in [3.63, 3.8) is 0 Å². The van der Waals surface area contributed by atoms with E-state index in [0.717, 1.165) is 17.0 Å². The molecule has 152 valence electrons. The summed E-state index contributed by atoms with van der Waals surface area (Å²) in [6, 6.07) is 12.4. The molecule has 7 nitrogen and oxygen atoms in total. The number of rotatable bonds is 4. The molecule has 29 heavy (non-hydrogen) atoms. The molecule has 1 saturated heterocycles. The molecule has 0 aromatic heterocycles. The number of methoxy groups -OCH3 is 1. The van der Waals surface area contributed by atoms with Crippen molar-refractivity contribution in [2.75, 3.05) is 29.2 Å². The summed E-state index contributed by atoms with van der Waals surface area (Å²) in [7, 11) is -1.39. The molecule has 2 atom stereocenters. The third-order valence-corrected chi connectivity index (χ3v) is 8.05. The van der Waals surface area contributed by atoms with Gasteiger partial charge in [-0.2, -0.15) is 0 Å². The number of carbonyl (C=O) groups is 1. The second-order valence-corrected chi connectivity index (χ2v) is 10.5. The Morgan fingerprint density at radius 3 is 2.62 bits per heavy atom. The van der Waals surface area contributed by atoms with Crippen LogP contribution < -0.4 is 15.4 Å². The Hall–Kier alpha value is -2.52. The molecular weight excluding hydrogens is 410 g/mol. The highest BCUT2D eigenvalue weighted by molar-refractivity contribution is 8.15. The number of sulfone groups is 1. The first kappa shape index (κ1) is 19.8. The van der Waals surface area contributed by atoms with Crippen LogP contribution in [0.15, 0.2) is 47.5 Å². The van der Waals surface area contributed by atoms with Crippen molar-refractivity contribution in [3.8, 4) is 5.75 Å². The van der Waals surface area contributed by atoms with E-state index in [-0.39, 0.29) is 28.7 Å². The molecule has 2 aliphatic rings. The number of thioether (sulfide) groups is 1. The highest BCUT2D eigenvalue weighted by Gasteiger charge is 2.42. The van der Waals surface area contributed by atoms with Gasteiger partial charge in [0, 0.05) is 22.2 Å². The third-order valence-electron chi connectivity index (χ3n) is 4.91. The lowest BCUT2D eigenvalue weighted by Gasteiger charge is -2.12. The zero-order valence-electron chi connectivity index (χ0n) is 16.0. The molecule has 0 radical (unpaired) electrons. The third kappa shape index (κ3) is 4.40. The Bertz CT molecular complexity index is 1080. The van der Waals surface area contributed by atoms with Gasteiger partial charge in [0.15, 0.2) is 15.0 Å². The number of aryl methyl sites for hydroxylation is 1. The molecule has 1 fully saturated rings. The van der Waals surface area contributed by atoms with Gasteiger partial charge < -0.3 is 15.4 Å². The normalized spacial score (nSPS) is 21.9. The van der Waals surface area contributed by atoms with Gasteiger partial charge in [-0.1, -0.05) is 17.8 Å². The van der Waals surface area contributed by atoms with E-state index >= 15 is 0 Å². The average molecular weight is 432 g/mol. The van der Waals surface area contributed by atoms with E-state index in [0.29, 0.717) is 16.4 Å². The minimum Gasteiger partial charge on any atom is -0.497 e. The number of amidine groups is 1. The molecular formula is C20H21N3O4S2. The zero-order valence-corrected chi connectivity index (χ0v) is 17.6. The van der Waals surface area contributed by atoms with Crippen LogP contribution in [0.2, 0.25) is 0 Å². The maximum atomic E-state index is 12.6. The summed E-state index contributed by atoms with van der Waals surface area (Å²) in [5.74, 6) is 0.777. The fourth-order valence-corrected chi connectivity index (χ4v) is 6.97. The molecule has 4 rings (SSSR count). The van der Waals surface area contributed by atoms with Crippen LogP contribution in [-0.2, 0) is 9.84 Å². The number of hydrogen-bond acceptors (Lipinski definition) is 7. The van der Waals surface area contributed by atoms with E-state index in [4.69, 9.17) is 4.74 Å². The lowest BCUT2D eigenvalue weighted by Crippen LogP contribution is -2.14. The van der Waals surface area contributed by atoms with Crippen molar-refractivity contribution in [3.05, 3.63) is 53.6 Å². The Balaban J connectivity index is 1.47. The van der Waals surface area contributed by atoms with Crippen molar-refractivity contribution in [2.24, 2.45) is 4.99 Å². The van der Waals surface area contributed by atoms with Crippen LogP contribution in [0.5, 0.6) is 5.75 Å². The zero-order chi connectivity index (χ0) is 20.6. The number of benzene rings is 2. The second kappa shape index (κ2) is 7.72. The van der Waals surface area contributed by atoms with Crippen LogP contribution in [0.3, 0.4) is 0 Å². The van der Waals surface area contributed by atoms with Gasteiger partial charge in [-0.05, 0) is 48.9 Å². The van der Waals surface area contributed by atoms with Gasteiger partial charge in [-0.3, -0.25) is 9.79 Å². The first-order chi connectivity index (χ1) is 13.8. The van der Waals surface area contributed by atoms with Crippen molar-refractivity contribution in [1.82, 2.24) is 0 Å². The Morgan fingerprint density at radius 2 is 1.93 bits per heavy atom. The minimum atomic E-state index is -2.98. The topological polar surface area (TPSA) is 96.9 Å². The molecule has 2 unspecified atom stereocenters. The standard InChI is InChI=1S/C20H21N3O4S2/c1-12-3-4-13(19(24)21-14-5-7-15(27-2)8-6-14)9-16(12)22-20-23-17-10-29(25,26)11-18(17)28-20/h3-9,17-18H,10-11H2,1-2H3,(H,21,24)(H,22,23). The Labute approximate surface area is 173 Å². The molecule has 2 aromatic carbocycles. The second-order valence-electron chi connectivity index (χ2n) is 7.07.